The van der Waals surface area contributed by atoms with Crippen molar-refractivity contribution in [3.63, 3.8) is 0 Å². The molecular formula is C23H22N4O3. The molecule has 5 N–H and O–H groups in total. The van der Waals surface area contributed by atoms with Crippen LogP contribution in [-0.4, -0.2) is 23.0 Å². The van der Waals surface area contributed by atoms with Crippen LogP contribution in [0.3, 0.4) is 0 Å². The van der Waals surface area contributed by atoms with E-state index in [1.807, 2.05) is 54.6 Å². The molecule has 7 nitrogen and oxygen atoms in total. The fourth-order valence-corrected chi connectivity index (χ4v) is 3.47. The van der Waals surface area contributed by atoms with Gasteiger partial charge in [0.05, 0.1) is 17.8 Å². The predicted molar refractivity (Wildman–Crippen MR) is 116 cm³/mol. The largest absolute Gasteiger partial charge is 0.481 e. The molecule has 30 heavy (non-hydrogen) atoms. The van der Waals surface area contributed by atoms with Gasteiger partial charge in [0.2, 0.25) is 0 Å². The van der Waals surface area contributed by atoms with Gasteiger partial charge in [-0.05, 0) is 41.3 Å². The molecule has 7 heteroatoms. The third kappa shape index (κ3) is 4.59. The Kier molecular flexibility index (Phi) is 5.63. The molecule has 0 spiro atoms. The molecule has 1 amide bonds. The number of benzene rings is 3. The summed E-state index contributed by atoms with van der Waals surface area (Å²) in [4.78, 5) is 24.0. The van der Waals surface area contributed by atoms with Gasteiger partial charge < -0.3 is 21.3 Å². The number of rotatable bonds is 7. The predicted octanol–water partition coefficient (Wildman–Crippen LogP) is 3.43. The summed E-state index contributed by atoms with van der Waals surface area (Å²) < 4.78 is 0. The zero-order chi connectivity index (χ0) is 20.9. The van der Waals surface area contributed by atoms with Gasteiger partial charge in [0.1, 0.15) is 0 Å². The molecule has 1 aliphatic rings. The van der Waals surface area contributed by atoms with E-state index < -0.39 is 12.0 Å². The average Bonchev–Trinajstić information content (AvgIpc) is 3.22. The van der Waals surface area contributed by atoms with Gasteiger partial charge >= 0.3 is 5.97 Å². The first-order valence-electron chi connectivity index (χ1n) is 9.66. The number of anilines is 2. The summed E-state index contributed by atoms with van der Waals surface area (Å²) in [7, 11) is 0. The highest BCUT2D eigenvalue weighted by atomic mass is 16.4. The third-order valence-corrected chi connectivity index (χ3v) is 4.98. The highest BCUT2D eigenvalue weighted by molar-refractivity contribution is 5.97. The van der Waals surface area contributed by atoms with Crippen molar-refractivity contribution in [3.05, 3.63) is 83.9 Å². The monoisotopic (exact) mass is 402 g/mol. The summed E-state index contributed by atoms with van der Waals surface area (Å²) in [6, 6.07) is 22.7. The minimum absolute atomic E-state index is 0.154. The number of carbonyl (C=O) groups is 2. The van der Waals surface area contributed by atoms with Crippen molar-refractivity contribution in [1.82, 2.24) is 10.9 Å². The number of aliphatic carboxylic acids is 1. The number of hydrogen-bond donors (Lipinski definition) is 5. The number of carboxylic acid groups (broad SMARTS) is 1. The standard InChI is InChI=1S/C23H22N4O3/c28-22(29)14-19(24-23(30)18-10-11-20-21(13-18)26-27-25-20)12-15-6-8-17(9-7-15)16-4-2-1-3-5-16/h1-11,13,19,25-27H,12,14H2,(H,24,30)(H,28,29)/t19-/m1/s1. The van der Waals surface area contributed by atoms with Gasteiger partial charge in [-0.3, -0.25) is 9.59 Å². The second kappa shape index (κ2) is 8.67. The van der Waals surface area contributed by atoms with Crippen molar-refractivity contribution in [2.75, 3.05) is 10.9 Å². The van der Waals surface area contributed by atoms with E-state index in [9.17, 15) is 14.7 Å². The summed E-state index contributed by atoms with van der Waals surface area (Å²) in [6.07, 6.45) is 0.276. The number of carboxylic acids is 1. The topological polar surface area (TPSA) is 102 Å². The molecule has 0 saturated carbocycles. The Balaban J connectivity index is 1.46. The van der Waals surface area contributed by atoms with E-state index in [0.29, 0.717) is 12.0 Å². The van der Waals surface area contributed by atoms with Gasteiger partial charge in [-0.15, -0.1) is 5.53 Å². The molecule has 1 aliphatic heterocycles. The molecule has 1 heterocycles. The molecule has 4 rings (SSSR count). The summed E-state index contributed by atoms with van der Waals surface area (Å²) >= 11 is 0. The quantitative estimate of drug-likeness (QED) is 0.415. The zero-order valence-corrected chi connectivity index (χ0v) is 16.2. The molecule has 152 valence electrons. The zero-order valence-electron chi connectivity index (χ0n) is 16.2. The lowest BCUT2D eigenvalue weighted by Crippen LogP contribution is -2.38. The molecular weight excluding hydrogens is 380 g/mol. The van der Waals surface area contributed by atoms with Crippen molar-refractivity contribution in [1.29, 1.82) is 0 Å². The molecule has 0 aliphatic carbocycles. The Hall–Kier alpha value is -3.84. The van der Waals surface area contributed by atoms with Gasteiger partial charge in [0.15, 0.2) is 0 Å². The fraction of sp³-hybridized carbons (Fsp3) is 0.130. The van der Waals surface area contributed by atoms with Crippen LogP contribution in [0.4, 0.5) is 11.4 Å². The Morgan fingerprint density at radius 1 is 0.867 bits per heavy atom. The SMILES string of the molecule is O=C(O)C[C@@H](Cc1ccc(-c2ccccc2)cc1)NC(=O)c1ccc2c(c1)NNN2. The number of hydrogen-bond acceptors (Lipinski definition) is 5. The average molecular weight is 402 g/mol. The lowest BCUT2D eigenvalue weighted by Gasteiger charge is -2.18. The number of amides is 1. The molecule has 3 aromatic carbocycles. The fourth-order valence-electron chi connectivity index (χ4n) is 3.47. The van der Waals surface area contributed by atoms with E-state index in [1.165, 1.54) is 0 Å². The second-order valence-corrected chi connectivity index (χ2v) is 7.17. The van der Waals surface area contributed by atoms with E-state index in [1.54, 1.807) is 18.2 Å². The Morgan fingerprint density at radius 2 is 1.57 bits per heavy atom. The Labute approximate surface area is 174 Å². The van der Waals surface area contributed by atoms with Crippen LogP contribution in [0.15, 0.2) is 72.8 Å². The second-order valence-electron chi connectivity index (χ2n) is 7.17. The minimum Gasteiger partial charge on any atom is -0.481 e. The normalized spacial score (nSPS) is 12.9. The highest BCUT2D eigenvalue weighted by Crippen LogP contribution is 2.25. The number of carbonyl (C=O) groups excluding carboxylic acids is 1. The van der Waals surface area contributed by atoms with Crippen molar-refractivity contribution >= 4 is 23.3 Å². The van der Waals surface area contributed by atoms with E-state index in [2.05, 4.69) is 21.7 Å². The molecule has 0 aromatic heterocycles. The first-order chi connectivity index (χ1) is 14.6. The van der Waals surface area contributed by atoms with Gasteiger partial charge in [-0.25, -0.2) is 0 Å². The van der Waals surface area contributed by atoms with Crippen molar-refractivity contribution in [2.24, 2.45) is 0 Å². The van der Waals surface area contributed by atoms with Crippen molar-refractivity contribution in [3.8, 4) is 11.1 Å². The van der Waals surface area contributed by atoms with E-state index >= 15 is 0 Å². The first-order valence-corrected chi connectivity index (χ1v) is 9.66. The van der Waals surface area contributed by atoms with Crippen LogP contribution in [0.25, 0.3) is 11.1 Å². The van der Waals surface area contributed by atoms with Crippen LogP contribution in [-0.2, 0) is 11.2 Å². The van der Waals surface area contributed by atoms with Crippen LogP contribution >= 0.6 is 0 Å². The third-order valence-electron chi connectivity index (χ3n) is 4.98. The van der Waals surface area contributed by atoms with Gasteiger partial charge in [0, 0.05) is 11.6 Å². The summed E-state index contributed by atoms with van der Waals surface area (Å²) in [5.74, 6) is -1.26. The van der Waals surface area contributed by atoms with Crippen LogP contribution in [0.2, 0.25) is 0 Å². The summed E-state index contributed by atoms with van der Waals surface area (Å²) in [6.45, 7) is 0. The van der Waals surface area contributed by atoms with Crippen LogP contribution in [0.1, 0.15) is 22.3 Å². The van der Waals surface area contributed by atoms with E-state index in [4.69, 9.17) is 0 Å². The molecule has 0 fully saturated rings. The van der Waals surface area contributed by atoms with Crippen molar-refractivity contribution < 1.29 is 14.7 Å². The maximum atomic E-state index is 12.7. The molecule has 0 saturated heterocycles. The number of hydrazine groups is 2. The maximum Gasteiger partial charge on any atom is 0.305 e. The maximum absolute atomic E-state index is 12.7. The van der Waals surface area contributed by atoms with Crippen LogP contribution in [0.5, 0.6) is 0 Å². The smallest absolute Gasteiger partial charge is 0.305 e. The van der Waals surface area contributed by atoms with Gasteiger partial charge in [-0.2, -0.15) is 0 Å². The van der Waals surface area contributed by atoms with Gasteiger partial charge in [-0.1, -0.05) is 54.6 Å². The first kappa shape index (κ1) is 19.5. The Morgan fingerprint density at radius 3 is 2.30 bits per heavy atom. The molecule has 0 unspecified atom stereocenters. The van der Waals surface area contributed by atoms with Crippen molar-refractivity contribution in [2.45, 2.75) is 18.9 Å². The lowest BCUT2D eigenvalue weighted by molar-refractivity contribution is -0.137. The number of nitrogens with one attached hydrogen (secondary N) is 4. The van der Waals surface area contributed by atoms with Crippen LogP contribution in [0, 0.1) is 0 Å². The highest BCUT2D eigenvalue weighted by Gasteiger charge is 2.19. The molecule has 3 aromatic rings. The lowest BCUT2D eigenvalue weighted by atomic mass is 9.99. The van der Waals surface area contributed by atoms with E-state index in [-0.39, 0.29) is 12.3 Å². The number of fused-ring (bicyclic) bond motifs is 1. The minimum atomic E-state index is -0.953. The molecule has 1 atom stereocenters. The van der Waals surface area contributed by atoms with E-state index in [0.717, 1.165) is 28.1 Å². The molecule has 0 radical (unpaired) electrons. The Bertz CT molecular complexity index is 1050. The van der Waals surface area contributed by atoms with Crippen LogP contribution < -0.4 is 21.7 Å². The summed E-state index contributed by atoms with van der Waals surface area (Å²) in [5, 5.41) is 12.1. The van der Waals surface area contributed by atoms with Gasteiger partial charge in [0.25, 0.3) is 5.91 Å². The summed E-state index contributed by atoms with van der Waals surface area (Å²) in [5.41, 5.74) is 13.8. The molecule has 0 bridgehead atoms.